The lowest BCUT2D eigenvalue weighted by Gasteiger charge is -2.22. The summed E-state index contributed by atoms with van der Waals surface area (Å²) in [4.78, 5) is 12.4. The Morgan fingerprint density at radius 2 is 2.30 bits per heavy atom. The quantitative estimate of drug-likeness (QED) is 0.447. The molecule has 108 valence electrons. The van der Waals surface area contributed by atoms with Crippen molar-refractivity contribution in [3.8, 4) is 6.07 Å². The third-order valence-electron chi connectivity index (χ3n) is 3.05. The van der Waals surface area contributed by atoms with Gasteiger partial charge >= 0.3 is 0 Å². The summed E-state index contributed by atoms with van der Waals surface area (Å²) in [5.41, 5.74) is 3.97. The zero-order valence-corrected chi connectivity index (χ0v) is 11.7. The van der Waals surface area contributed by atoms with Crippen molar-refractivity contribution in [2.75, 3.05) is 18.5 Å². The Morgan fingerprint density at radius 3 is 2.80 bits per heavy atom. The molecule has 0 heterocycles. The second-order valence-electron chi connectivity index (χ2n) is 4.60. The van der Waals surface area contributed by atoms with Gasteiger partial charge in [0, 0.05) is 25.2 Å². The highest BCUT2D eigenvalue weighted by atomic mass is 16.6. The molecule has 0 fully saturated rings. The Labute approximate surface area is 118 Å². The van der Waals surface area contributed by atoms with E-state index in [0.717, 1.165) is 12.1 Å². The van der Waals surface area contributed by atoms with Crippen LogP contribution in [0.25, 0.3) is 0 Å². The van der Waals surface area contributed by atoms with Gasteiger partial charge in [0.15, 0.2) is 0 Å². The molecule has 1 aromatic rings. The van der Waals surface area contributed by atoms with E-state index in [-0.39, 0.29) is 11.6 Å². The molecule has 0 aliphatic rings. The summed E-state index contributed by atoms with van der Waals surface area (Å²) in [5.74, 6) is 5.34. The predicted octanol–water partition coefficient (Wildman–Crippen LogP) is 1.86. The number of hydrazine groups is 1. The van der Waals surface area contributed by atoms with Gasteiger partial charge in [-0.05, 0) is 25.1 Å². The lowest BCUT2D eigenvalue weighted by molar-refractivity contribution is -0.384. The predicted molar refractivity (Wildman–Crippen MR) is 76.6 cm³/mol. The summed E-state index contributed by atoms with van der Waals surface area (Å²) in [7, 11) is 0. The first-order valence-corrected chi connectivity index (χ1v) is 6.37. The number of nitro groups is 1. The fourth-order valence-electron chi connectivity index (χ4n) is 1.94. The topological polar surface area (TPSA) is 108 Å². The number of hydrogen-bond donors (Lipinski definition) is 2. The molecular weight excluding hydrogens is 258 g/mol. The summed E-state index contributed by atoms with van der Waals surface area (Å²) in [6.07, 6.45) is 0. The van der Waals surface area contributed by atoms with Gasteiger partial charge in [-0.25, -0.2) is 0 Å². The van der Waals surface area contributed by atoms with Crippen LogP contribution in [0.3, 0.4) is 0 Å². The molecule has 0 aliphatic carbocycles. The Balaban J connectivity index is 2.95. The molecule has 1 atom stereocenters. The maximum absolute atomic E-state index is 10.8. The van der Waals surface area contributed by atoms with Gasteiger partial charge in [0.25, 0.3) is 5.69 Å². The molecule has 0 amide bonds. The fourth-order valence-corrected chi connectivity index (χ4v) is 1.94. The number of rotatable bonds is 7. The van der Waals surface area contributed by atoms with Gasteiger partial charge in [-0.3, -0.25) is 20.9 Å². The molecule has 7 heteroatoms. The maximum Gasteiger partial charge on any atom is 0.269 e. The van der Waals surface area contributed by atoms with E-state index in [9.17, 15) is 10.1 Å². The maximum atomic E-state index is 10.8. The van der Waals surface area contributed by atoms with E-state index in [2.05, 4.69) is 11.5 Å². The Kier molecular flexibility index (Phi) is 5.90. The number of nitriles is 1. The van der Waals surface area contributed by atoms with Crippen LogP contribution < -0.4 is 11.3 Å². The summed E-state index contributed by atoms with van der Waals surface area (Å²) < 4.78 is 0. The monoisotopic (exact) mass is 277 g/mol. The number of benzene rings is 1. The zero-order valence-electron chi connectivity index (χ0n) is 11.7. The number of nitrogen functional groups attached to an aromatic ring is 1. The van der Waals surface area contributed by atoms with Crippen molar-refractivity contribution in [2.24, 2.45) is 11.8 Å². The van der Waals surface area contributed by atoms with Crippen molar-refractivity contribution in [1.82, 2.24) is 4.90 Å². The molecular formula is C13H19N5O2. The SMILES string of the molecule is CCN(Cc1cc([N+](=O)[O-])ccc1NN)CC(C)C#N. The molecule has 7 nitrogen and oxygen atoms in total. The van der Waals surface area contributed by atoms with E-state index in [1.54, 1.807) is 6.07 Å². The third kappa shape index (κ3) is 4.19. The lowest BCUT2D eigenvalue weighted by Crippen LogP contribution is -2.28. The van der Waals surface area contributed by atoms with Crippen LogP contribution in [0.1, 0.15) is 19.4 Å². The highest BCUT2D eigenvalue weighted by Crippen LogP contribution is 2.23. The van der Waals surface area contributed by atoms with Crippen LogP contribution in [-0.4, -0.2) is 22.9 Å². The molecule has 0 aromatic heterocycles. The van der Waals surface area contributed by atoms with Gasteiger partial charge < -0.3 is 5.43 Å². The highest BCUT2D eigenvalue weighted by molar-refractivity contribution is 5.55. The van der Waals surface area contributed by atoms with Gasteiger partial charge in [-0.2, -0.15) is 5.26 Å². The van der Waals surface area contributed by atoms with E-state index >= 15 is 0 Å². The molecule has 0 radical (unpaired) electrons. The molecule has 1 aromatic carbocycles. The molecule has 20 heavy (non-hydrogen) atoms. The van der Waals surface area contributed by atoms with Crippen molar-refractivity contribution in [1.29, 1.82) is 5.26 Å². The van der Waals surface area contributed by atoms with Gasteiger partial charge in [-0.15, -0.1) is 0 Å². The highest BCUT2D eigenvalue weighted by Gasteiger charge is 2.14. The number of nitrogens with one attached hydrogen (secondary N) is 1. The fraction of sp³-hybridized carbons (Fsp3) is 0.462. The number of nitro benzene ring substituents is 1. The molecule has 0 aliphatic heterocycles. The van der Waals surface area contributed by atoms with Crippen LogP contribution in [0.5, 0.6) is 0 Å². The number of anilines is 1. The van der Waals surface area contributed by atoms with Gasteiger partial charge in [0.05, 0.1) is 22.6 Å². The van der Waals surface area contributed by atoms with Crippen LogP contribution in [0.4, 0.5) is 11.4 Å². The van der Waals surface area contributed by atoms with Gasteiger partial charge in [0.2, 0.25) is 0 Å². The van der Waals surface area contributed by atoms with Crippen LogP contribution in [0, 0.1) is 27.4 Å². The van der Waals surface area contributed by atoms with Crippen LogP contribution in [-0.2, 0) is 6.54 Å². The number of nitrogens with zero attached hydrogens (tertiary/aromatic N) is 3. The summed E-state index contributed by atoms with van der Waals surface area (Å²) in [5, 5.41) is 19.7. The molecule has 3 N–H and O–H groups in total. The molecule has 0 saturated heterocycles. The third-order valence-corrected chi connectivity index (χ3v) is 3.05. The normalized spacial score (nSPS) is 11.9. The number of hydrogen-bond acceptors (Lipinski definition) is 6. The smallest absolute Gasteiger partial charge is 0.269 e. The summed E-state index contributed by atoms with van der Waals surface area (Å²) >= 11 is 0. The number of non-ortho nitro benzene ring substituents is 1. The average molecular weight is 277 g/mol. The summed E-state index contributed by atoms with van der Waals surface area (Å²) in [6, 6.07) is 6.69. The molecule has 0 saturated carbocycles. The van der Waals surface area contributed by atoms with Crippen molar-refractivity contribution in [3.63, 3.8) is 0 Å². The van der Waals surface area contributed by atoms with E-state index in [0.29, 0.717) is 18.8 Å². The van der Waals surface area contributed by atoms with Crippen molar-refractivity contribution >= 4 is 11.4 Å². The molecule has 0 spiro atoms. The van der Waals surface area contributed by atoms with Crippen molar-refractivity contribution < 1.29 is 4.92 Å². The summed E-state index contributed by atoms with van der Waals surface area (Å²) in [6.45, 7) is 5.69. The first-order valence-electron chi connectivity index (χ1n) is 6.37. The first kappa shape index (κ1) is 15.9. The number of nitrogens with two attached hydrogens (primary N) is 1. The Hall–Kier alpha value is -2.17. The molecule has 1 unspecified atom stereocenters. The minimum absolute atomic E-state index is 0.0309. The Morgan fingerprint density at radius 1 is 1.60 bits per heavy atom. The molecule has 0 bridgehead atoms. The van der Waals surface area contributed by atoms with Crippen molar-refractivity contribution in [3.05, 3.63) is 33.9 Å². The van der Waals surface area contributed by atoms with Crippen LogP contribution in [0.15, 0.2) is 18.2 Å². The minimum atomic E-state index is -0.433. The van der Waals surface area contributed by atoms with E-state index in [1.165, 1.54) is 12.1 Å². The van der Waals surface area contributed by atoms with E-state index in [1.807, 2.05) is 18.7 Å². The first-order chi connectivity index (χ1) is 9.51. The molecule has 1 rings (SSSR count). The second kappa shape index (κ2) is 7.43. The standard InChI is InChI=1S/C13H19N5O2/c1-3-17(8-10(2)7-14)9-11-6-12(18(19)20)4-5-13(11)16-15/h4-6,10,16H,3,8-9,15H2,1-2H3. The largest absolute Gasteiger partial charge is 0.324 e. The van der Waals surface area contributed by atoms with Crippen molar-refractivity contribution in [2.45, 2.75) is 20.4 Å². The minimum Gasteiger partial charge on any atom is -0.324 e. The Bertz CT molecular complexity index is 512. The van der Waals surface area contributed by atoms with Gasteiger partial charge in [0.1, 0.15) is 0 Å². The van der Waals surface area contributed by atoms with Crippen LogP contribution >= 0.6 is 0 Å². The van der Waals surface area contributed by atoms with E-state index in [4.69, 9.17) is 11.1 Å². The average Bonchev–Trinajstić information content (AvgIpc) is 2.45. The second-order valence-corrected chi connectivity index (χ2v) is 4.60. The lowest BCUT2D eigenvalue weighted by atomic mass is 10.1. The van der Waals surface area contributed by atoms with E-state index < -0.39 is 4.92 Å². The van der Waals surface area contributed by atoms with Crippen LogP contribution in [0.2, 0.25) is 0 Å². The van der Waals surface area contributed by atoms with Gasteiger partial charge in [-0.1, -0.05) is 6.92 Å². The zero-order chi connectivity index (χ0) is 15.1.